The highest BCUT2D eigenvalue weighted by Gasteiger charge is 2.14. The molecular formula is C36H22N2O. The van der Waals surface area contributed by atoms with E-state index in [0.717, 1.165) is 38.9 Å². The number of hydrogen-bond donors (Lipinski definition) is 0. The maximum absolute atomic E-state index is 9.21. The minimum atomic E-state index is 0.585. The second-order valence-corrected chi connectivity index (χ2v) is 9.55. The topological polar surface area (TPSA) is 49.8 Å². The highest BCUT2D eigenvalue weighted by Crippen LogP contribution is 2.35. The van der Waals surface area contributed by atoms with E-state index in [1.165, 1.54) is 21.9 Å². The van der Waals surface area contributed by atoms with Crippen molar-refractivity contribution in [2.75, 3.05) is 0 Å². The normalized spacial score (nSPS) is 11.1. The van der Waals surface area contributed by atoms with Gasteiger partial charge in [-0.2, -0.15) is 5.26 Å². The molecular weight excluding hydrogens is 476 g/mol. The summed E-state index contributed by atoms with van der Waals surface area (Å²) in [5.41, 5.74) is 9.74. The average molecular weight is 499 g/mol. The quantitative estimate of drug-likeness (QED) is 0.243. The number of hydrogen-bond acceptors (Lipinski definition) is 3. The highest BCUT2D eigenvalue weighted by molar-refractivity contribution is 5.97. The molecule has 0 aliphatic carbocycles. The van der Waals surface area contributed by atoms with Gasteiger partial charge in [0.15, 0.2) is 5.58 Å². The van der Waals surface area contributed by atoms with Gasteiger partial charge in [0, 0.05) is 11.1 Å². The summed E-state index contributed by atoms with van der Waals surface area (Å²) in [4.78, 5) is 4.90. The smallest absolute Gasteiger partial charge is 0.227 e. The van der Waals surface area contributed by atoms with Crippen LogP contribution >= 0.6 is 0 Å². The van der Waals surface area contributed by atoms with Gasteiger partial charge in [-0.1, -0.05) is 103 Å². The van der Waals surface area contributed by atoms with Crippen molar-refractivity contribution in [3.8, 4) is 50.9 Å². The fraction of sp³-hybridized carbons (Fsp3) is 0. The predicted octanol–water partition coefficient (Wildman–Crippen LogP) is 9.52. The molecule has 0 aliphatic rings. The van der Waals surface area contributed by atoms with Crippen LogP contribution in [-0.2, 0) is 0 Å². The zero-order valence-corrected chi connectivity index (χ0v) is 21.0. The molecule has 1 heterocycles. The predicted molar refractivity (Wildman–Crippen MR) is 158 cm³/mol. The van der Waals surface area contributed by atoms with Crippen LogP contribution < -0.4 is 0 Å². The standard InChI is InChI=1S/C36H22N2O/c37-23-24-6-3-9-30(22-24)25-14-20-29(21-15-25)36-38-35-33(12-5-13-34(35)39-36)28-18-16-27(17-19-28)32-11-4-8-26-7-1-2-10-31(26)32/h1-22H. The molecule has 0 atom stereocenters. The summed E-state index contributed by atoms with van der Waals surface area (Å²) in [5.74, 6) is 0.585. The number of para-hydroxylation sites is 1. The van der Waals surface area contributed by atoms with Gasteiger partial charge in [-0.25, -0.2) is 4.98 Å². The number of oxazole rings is 1. The van der Waals surface area contributed by atoms with Crippen molar-refractivity contribution in [2.45, 2.75) is 0 Å². The van der Waals surface area contributed by atoms with Crippen LogP contribution in [0.25, 0.3) is 66.7 Å². The Bertz CT molecular complexity index is 2000. The molecule has 0 N–H and O–H groups in total. The minimum Gasteiger partial charge on any atom is -0.436 e. The number of rotatable bonds is 4. The fourth-order valence-electron chi connectivity index (χ4n) is 5.18. The van der Waals surface area contributed by atoms with Crippen molar-refractivity contribution >= 4 is 21.9 Å². The molecule has 0 amide bonds. The third kappa shape index (κ3) is 4.15. The van der Waals surface area contributed by atoms with E-state index in [2.05, 4.69) is 78.9 Å². The van der Waals surface area contributed by atoms with Gasteiger partial charge in [-0.05, 0) is 68.9 Å². The molecule has 39 heavy (non-hydrogen) atoms. The Labute approximate surface area is 226 Å². The van der Waals surface area contributed by atoms with Crippen LogP contribution in [0.2, 0.25) is 0 Å². The average Bonchev–Trinajstić information content (AvgIpc) is 3.46. The maximum Gasteiger partial charge on any atom is 0.227 e. The highest BCUT2D eigenvalue weighted by atomic mass is 16.3. The van der Waals surface area contributed by atoms with Crippen molar-refractivity contribution in [1.29, 1.82) is 5.26 Å². The van der Waals surface area contributed by atoms with Gasteiger partial charge in [0.05, 0.1) is 11.6 Å². The van der Waals surface area contributed by atoms with Gasteiger partial charge in [-0.15, -0.1) is 0 Å². The van der Waals surface area contributed by atoms with Crippen molar-refractivity contribution in [1.82, 2.24) is 4.98 Å². The Balaban J connectivity index is 1.22. The molecule has 3 heteroatoms. The largest absolute Gasteiger partial charge is 0.436 e. The van der Waals surface area contributed by atoms with Gasteiger partial charge < -0.3 is 4.42 Å². The molecule has 0 unspecified atom stereocenters. The molecule has 0 spiro atoms. The van der Waals surface area contributed by atoms with Crippen molar-refractivity contribution < 1.29 is 4.42 Å². The molecule has 1 aromatic heterocycles. The van der Waals surface area contributed by atoms with Gasteiger partial charge in [-0.3, -0.25) is 0 Å². The van der Waals surface area contributed by atoms with Crippen molar-refractivity contribution in [3.05, 3.63) is 139 Å². The van der Waals surface area contributed by atoms with Crippen LogP contribution in [0, 0.1) is 11.3 Å². The van der Waals surface area contributed by atoms with Gasteiger partial charge in [0.1, 0.15) is 5.52 Å². The summed E-state index contributed by atoms with van der Waals surface area (Å²) in [6.07, 6.45) is 0. The van der Waals surface area contributed by atoms with Gasteiger partial charge in [0.25, 0.3) is 0 Å². The lowest BCUT2D eigenvalue weighted by Gasteiger charge is -2.08. The Hall–Kier alpha value is -5.46. The second kappa shape index (κ2) is 9.45. The molecule has 0 bridgehead atoms. The molecule has 0 saturated carbocycles. The Morgan fingerprint density at radius 1 is 0.538 bits per heavy atom. The lowest BCUT2D eigenvalue weighted by atomic mass is 9.96. The summed E-state index contributed by atoms with van der Waals surface area (Å²) in [6.45, 7) is 0. The Morgan fingerprint density at radius 2 is 1.18 bits per heavy atom. The second-order valence-electron chi connectivity index (χ2n) is 9.55. The number of nitrogens with zero attached hydrogens (tertiary/aromatic N) is 2. The first-order valence-corrected chi connectivity index (χ1v) is 12.9. The van der Waals surface area contributed by atoms with E-state index in [4.69, 9.17) is 9.40 Å². The molecule has 3 nitrogen and oxygen atoms in total. The van der Waals surface area contributed by atoms with E-state index in [1.54, 1.807) is 0 Å². The first-order valence-electron chi connectivity index (χ1n) is 12.9. The van der Waals surface area contributed by atoms with Gasteiger partial charge >= 0.3 is 0 Å². The van der Waals surface area contributed by atoms with E-state index in [9.17, 15) is 5.26 Å². The first kappa shape index (κ1) is 22.7. The number of benzene rings is 6. The number of nitriles is 1. The molecule has 182 valence electrons. The van der Waals surface area contributed by atoms with E-state index >= 15 is 0 Å². The Morgan fingerprint density at radius 3 is 2.00 bits per heavy atom. The zero-order valence-electron chi connectivity index (χ0n) is 21.0. The molecule has 0 saturated heterocycles. The van der Waals surface area contributed by atoms with E-state index in [1.807, 2.05) is 60.7 Å². The summed E-state index contributed by atoms with van der Waals surface area (Å²) in [5, 5.41) is 11.7. The first-order chi connectivity index (χ1) is 19.3. The summed E-state index contributed by atoms with van der Waals surface area (Å²) in [6, 6.07) is 47.6. The van der Waals surface area contributed by atoms with Crippen LogP contribution in [0.5, 0.6) is 0 Å². The third-order valence-electron chi connectivity index (χ3n) is 7.17. The minimum absolute atomic E-state index is 0.585. The molecule has 0 radical (unpaired) electrons. The molecule has 0 aliphatic heterocycles. The van der Waals surface area contributed by atoms with Crippen molar-refractivity contribution in [3.63, 3.8) is 0 Å². The monoisotopic (exact) mass is 498 g/mol. The van der Waals surface area contributed by atoms with Crippen LogP contribution in [0.1, 0.15) is 5.56 Å². The molecule has 0 fully saturated rings. The SMILES string of the molecule is N#Cc1cccc(-c2ccc(-c3nc4c(-c5ccc(-c6cccc7ccccc67)cc5)cccc4o3)cc2)c1. The number of fused-ring (bicyclic) bond motifs is 2. The van der Waals surface area contributed by atoms with Gasteiger partial charge in [0.2, 0.25) is 5.89 Å². The summed E-state index contributed by atoms with van der Waals surface area (Å²) >= 11 is 0. The van der Waals surface area contributed by atoms with Crippen LogP contribution in [0.3, 0.4) is 0 Å². The molecule has 7 rings (SSSR count). The maximum atomic E-state index is 9.21. The van der Waals surface area contributed by atoms with Crippen LogP contribution in [-0.4, -0.2) is 4.98 Å². The van der Waals surface area contributed by atoms with Crippen molar-refractivity contribution in [2.24, 2.45) is 0 Å². The third-order valence-corrected chi connectivity index (χ3v) is 7.17. The van der Waals surface area contributed by atoms with Crippen LogP contribution in [0.15, 0.2) is 138 Å². The lowest BCUT2D eigenvalue weighted by molar-refractivity contribution is 0.620. The van der Waals surface area contributed by atoms with Crippen LogP contribution in [0.4, 0.5) is 0 Å². The molecule has 6 aromatic carbocycles. The van der Waals surface area contributed by atoms with E-state index in [0.29, 0.717) is 11.5 Å². The zero-order chi connectivity index (χ0) is 26.2. The Kier molecular flexibility index (Phi) is 5.50. The van der Waals surface area contributed by atoms with E-state index < -0.39 is 0 Å². The molecule has 7 aromatic rings. The van der Waals surface area contributed by atoms with E-state index in [-0.39, 0.29) is 0 Å². The fourth-order valence-corrected chi connectivity index (χ4v) is 5.18. The summed E-state index contributed by atoms with van der Waals surface area (Å²) in [7, 11) is 0. The summed E-state index contributed by atoms with van der Waals surface area (Å²) < 4.78 is 6.19. The number of aromatic nitrogens is 1. The lowest BCUT2D eigenvalue weighted by Crippen LogP contribution is -1.84.